The zero-order valence-electron chi connectivity index (χ0n) is 11.9. The minimum atomic E-state index is 0.0459. The highest BCUT2D eigenvalue weighted by Crippen LogP contribution is 2.26. The molecular formula is C16H19NO3. The number of ether oxygens (including phenoxy) is 1. The average Bonchev–Trinajstić information content (AvgIpc) is 2.48. The average molecular weight is 273 g/mol. The summed E-state index contributed by atoms with van der Waals surface area (Å²) in [4.78, 5) is 14.9. The molecule has 20 heavy (non-hydrogen) atoms. The van der Waals surface area contributed by atoms with Gasteiger partial charge in [-0.05, 0) is 44.4 Å². The molecule has 0 amide bonds. The van der Waals surface area contributed by atoms with Gasteiger partial charge < -0.3 is 14.1 Å². The molecule has 1 saturated heterocycles. The Morgan fingerprint density at radius 2 is 1.95 bits per heavy atom. The van der Waals surface area contributed by atoms with E-state index >= 15 is 0 Å². The highest BCUT2D eigenvalue weighted by molar-refractivity contribution is 5.82. The SMILES string of the molecule is COc1ccc2oc(C)c(N3CCCCC3)c(=O)c2c1. The van der Waals surface area contributed by atoms with Crippen molar-refractivity contribution >= 4 is 16.7 Å². The number of rotatable bonds is 2. The van der Waals surface area contributed by atoms with Crippen LogP contribution >= 0.6 is 0 Å². The Morgan fingerprint density at radius 3 is 2.65 bits per heavy atom. The van der Waals surface area contributed by atoms with Gasteiger partial charge in [0.25, 0.3) is 0 Å². The fraction of sp³-hybridized carbons (Fsp3) is 0.438. The summed E-state index contributed by atoms with van der Waals surface area (Å²) in [5.41, 5.74) is 1.38. The van der Waals surface area contributed by atoms with Crippen molar-refractivity contribution in [3.8, 4) is 5.75 Å². The fourth-order valence-corrected chi connectivity index (χ4v) is 2.89. The molecule has 3 rings (SSSR count). The Morgan fingerprint density at radius 1 is 1.20 bits per heavy atom. The van der Waals surface area contributed by atoms with Crippen molar-refractivity contribution in [3.05, 3.63) is 34.2 Å². The van der Waals surface area contributed by atoms with Crippen molar-refractivity contribution in [2.75, 3.05) is 25.1 Å². The van der Waals surface area contributed by atoms with Gasteiger partial charge in [0.05, 0.1) is 12.5 Å². The Balaban J connectivity index is 2.18. The van der Waals surface area contributed by atoms with Crippen LogP contribution in [0.15, 0.2) is 27.4 Å². The second-order valence-corrected chi connectivity index (χ2v) is 5.25. The predicted molar refractivity (Wildman–Crippen MR) is 79.8 cm³/mol. The molecule has 0 saturated carbocycles. The van der Waals surface area contributed by atoms with Gasteiger partial charge in [0.15, 0.2) is 0 Å². The van der Waals surface area contributed by atoms with Crippen LogP contribution in [-0.2, 0) is 0 Å². The third kappa shape index (κ3) is 2.15. The molecule has 0 aliphatic carbocycles. The quantitative estimate of drug-likeness (QED) is 0.843. The normalized spacial score (nSPS) is 15.6. The van der Waals surface area contributed by atoms with Crippen molar-refractivity contribution in [3.63, 3.8) is 0 Å². The van der Waals surface area contributed by atoms with Crippen LogP contribution in [-0.4, -0.2) is 20.2 Å². The molecule has 2 heterocycles. The van der Waals surface area contributed by atoms with Crippen LogP contribution in [0.3, 0.4) is 0 Å². The van der Waals surface area contributed by atoms with E-state index in [1.165, 1.54) is 6.42 Å². The van der Waals surface area contributed by atoms with Gasteiger partial charge in [-0.15, -0.1) is 0 Å². The van der Waals surface area contributed by atoms with E-state index < -0.39 is 0 Å². The Labute approximate surface area is 118 Å². The smallest absolute Gasteiger partial charge is 0.216 e. The van der Waals surface area contributed by atoms with E-state index in [0.29, 0.717) is 28.2 Å². The van der Waals surface area contributed by atoms with Crippen molar-refractivity contribution in [2.24, 2.45) is 0 Å². The zero-order valence-corrected chi connectivity index (χ0v) is 11.9. The number of nitrogens with zero attached hydrogens (tertiary/aromatic N) is 1. The number of fused-ring (bicyclic) bond motifs is 1. The van der Waals surface area contributed by atoms with Crippen molar-refractivity contribution < 1.29 is 9.15 Å². The summed E-state index contributed by atoms with van der Waals surface area (Å²) in [6, 6.07) is 5.36. The highest BCUT2D eigenvalue weighted by Gasteiger charge is 2.19. The van der Waals surface area contributed by atoms with E-state index in [1.54, 1.807) is 19.2 Å². The van der Waals surface area contributed by atoms with Gasteiger partial charge in [-0.25, -0.2) is 0 Å². The topological polar surface area (TPSA) is 42.7 Å². The first kappa shape index (κ1) is 13.0. The first-order valence-electron chi connectivity index (χ1n) is 7.07. The van der Waals surface area contributed by atoms with Gasteiger partial charge in [0, 0.05) is 13.1 Å². The number of hydrogen-bond acceptors (Lipinski definition) is 4. The van der Waals surface area contributed by atoms with Crippen LogP contribution in [0.4, 0.5) is 5.69 Å². The van der Waals surface area contributed by atoms with Crippen LogP contribution in [0.2, 0.25) is 0 Å². The first-order valence-corrected chi connectivity index (χ1v) is 7.07. The monoisotopic (exact) mass is 273 g/mol. The van der Waals surface area contributed by atoms with E-state index in [-0.39, 0.29) is 5.43 Å². The maximum atomic E-state index is 12.8. The molecule has 0 atom stereocenters. The van der Waals surface area contributed by atoms with E-state index in [0.717, 1.165) is 25.9 Å². The number of methoxy groups -OCH3 is 1. The van der Waals surface area contributed by atoms with Gasteiger partial charge in [0.2, 0.25) is 5.43 Å². The maximum absolute atomic E-state index is 12.8. The van der Waals surface area contributed by atoms with Gasteiger partial charge in [-0.2, -0.15) is 0 Å². The molecule has 0 spiro atoms. The molecule has 4 nitrogen and oxygen atoms in total. The molecule has 2 aromatic rings. The molecule has 1 aliphatic rings. The van der Waals surface area contributed by atoms with Crippen LogP contribution in [0.5, 0.6) is 5.75 Å². The molecule has 4 heteroatoms. The summed E-state index contributed by atoms with van der Waals surface area (Å²) in [7, 11) is 1.60. The van der Waals surface area contributed by atoms with Gasteiger partial charge in [-0.3, -0.25) is 4.79 Å². The maximum Gasteiger partial charge on any atom is 0.216 e. The van der Waals surface area contributed by atoms with E-state index in [2.05, 4.69) is 4.90 Å². The molecule has 106 valence electrons. The summed E-state index contributed by atoms with van der Waals surface area (Å²) < 4.78 is 11.0. The van der Waals surface area contributed by atoms with Crippen LogP contribution in [0.1, 0.15) is 25.0 Å². The largest absolute Gasteiger partial charge is 0.497 e. The third-order valence-electron chi connectivity index (χ3n) is 3.92. The number of piperidine rings is 1. The molecule has 1 aromatic carbocycles. The van der Waals surface area contributed by atoms with E-state index in [1.807, 2.05) is 13.0 Å². The zero-order chi connectivity index (χ0) is 14.1. The van der Waals surface area contributed by atoms with Crippen LogP contribution in [0, 0.1) is 6.92 Å². The summed E-state index contributed by atoms with van der Waals surface area (Å²) in [6.07, 6.45) is 3.51. The molecular weight excluding hydrogens is 254 g/mol. The number of hydrogen-bond donors (Lipinski definition) is 0. The Kier molecular flexibility index (Phi) is 3.38. The summed E-state index contributed by atoms with van der Waals surface area (Å²) >= 11 is 0. The highest BCUT2D eigenvalue weighted by atomic mass is 16.5. The lowest BCUT2D eigenvalue weighted by atomic mass is 10.1. The summed E-state index contributed by atoms with van der Waals surface area (Å²) in [5.74, 6) is 1.38. The van der Waals surface area contributed by atoms with Crippen molar-refractivity contribution in [1.29, 1.82) is 0 Å². The minimum Gasteiger partial charge on any atom is -0.497 e. The molecule has 1 aliphatic heterocycles. The van der Waals surface area contributed by atoms with Gasteiger partial charge >= 0.3 is 0 Å². The lowest BCUT2D eigenvalue weighted by Gasteiger charge is -2.28. The number of benzene rings is 1. The van der Waals surface area contributed by atoms with E-state index in [9.17, 15) is 4.79 Å². The second-order valence-electron chi connectivity index (χ2n) is 5.25. The number of anilines is 1. The lowest BCUT2D eigenvalue weighted by Crippen LogP contribution is -2.33. The first-order chi connectivity index (χ1) is 9.70. The van der Waals surface area contributed by atoms with Gasteiger partial charge in [-0.1, -0.05) is 0 Å². The molecule has 0 N–H and O–H groups in total. The second kappa shape index (κ2) is 5.19. The standard InChI is InChI=1S/C16H19NO3/c1-11-15(17-8-4-3-5-9-17)16(18)13-10-12(19-2)6-7-14(13)20-11/h6-7,10H,3-5,8-9H2,1-2H3. The Hall–Kier alpha value is -1.97. The molecule has 0 unspecified atom stereocenters. The number of aryl methyl sites for hydroxylation is 1. The van der Waals surface area contributed by atoms with E-state index in [4.69, 9.17) is 9.15 Å². The van der Waals surface area contributed by atoms with Crippen LogP contribution < -0.4 is 15.1 Å². The molecule has 1 fully saturated rings. The molecule has 0 bridgehead atoms. The minimum absolute atomic E-state index is 0.0459. The third-order valence-corrected chi connectivity index (χ3v) is 3.92. The van der Waals surface area contributed by atoms with Crippen LogP contribution in [0.25, 0.3) is 11.0 Å². The predicted octanol–water partition coefficient (Wildman–Crippen LogP) is 3.10. The fourth-order valence-electron chi connectivity index (χ4n) is 2.89. The lowest BCUT2D eigenvalue weighted by molar-refractivity contribution is 0.415. The molecule has 0 radical (unpaired) electrons. The summed E-state index contributed by atoms with van der Waals surface area (Å²) in [5, 5.41) is 0.593. The summed E-state index contributed by atoms with van der Waals surface area (Å²) in [6.45, 7) is 3.73. The van der Waals surface area contributed by atoms with Crippen molar-refractivity contribution in [1.82, 2.24) is 0 Å². The van der Waals surface area contributed by atoms with Gasteiger partial charge in [0.1, 0.15) is 22.8 Å². The molecule has 1 aromatic heterocycles. The Bertz CT molecular complexity index is 684. The van der Waals surface area contributed by atoms with Crippen molar-refractivity contribution in [2.45, 2.75) is 26.2 Å².